The van der Waals surface area contributed by atoms with E-state index in [1.807, 2.05) is 12.1 Å². The second kappa shape index (κ2) is 9.26. The third-order valence-electron chi connectivity index (χ3n) is 4.72. The lowest BCUT2D eigenvalue weighted by Crippen LogP contribution is -2.54. The highest BCUT2D eigenvalue weighted by molar-refractivity contribution is 6.42. The lowest BCUT2D eigenvalue weighted by molar-refractivity contribution is -0.122. The summed E-state index contributed by atoms with van der Waals surface area (Å²) in [6, 6.07) is 19.7. The van der Waals surface area contributed by atoms with Gasteiger partial charge in [0.1, 0.15) is 17.9 Å². The van der Waals surface area contributed by atoms with Crippen molar-refractivity contribution in [2.24, 2.45) is 0 Å². The van der Waals surface area contributed by atoms with Crippen LogP contribution in [-0.2, 0) is 16.2 Å². The van der Waals surface area contributed by atoms with Crippen molar-refractivity contribution in [3.8, 4) is 5.75 Å². The average Bonchev–Trinajstić information content (AvgIpc) is 2.78. The van der Waals surface area contributed by atoms with Crippen LogP contribution >= 0.6 is 23.2 Å². The number of imide groups is 2. The molecule has 1 aliphatic heterocycles. The maximum atomic E-state index is 13.1. The zero-order valence-electron chi connectivity index (χ0n) is 16.5. The number of carbonyl (C=O) groups is 3. The van der Waals surface area contributed by atoms with Gasteiger partial charge in [-0.25, -0.2) is 9.69 Å². The Morgan fingerprint density at radius 1 is 0.875 bits per heavy atom. The number of benzene rings is 3. The van der Waals surface area contributed by atoms with Gasteiger partial charge in [0.2, 0.25) is 0 Å². The van der Waals surface area contributed by atoms with Crippen LogP contribution in [0.15, 0.2) is 78.4 Å². The maximum Gasteiger partial charge on any atom is 0.335 e. The fourth-order valence-electron chi connectivity index (χ4n) is 3.14. The van der Waals surface area contributed by atoms with Crippen LogP contribution in [0.1, 0.15) is 11.1 Å². The summed E-state index contributed by atoms with van der Waals surface area (Å²) in [5, 5.41) is 3.01. The highest BCUT2D eigenvalue weighted by Crippen LogP contribution is 2.30. The molecule has 3 aromatic carbocycles. The molecule has 0 spiro atoms. The first-order chi connectivity index (χ1) is 15.4. The van der Waals surface area contributed by atoms with Gasteiger partial charge in [0.15, 0.2) is 0 Å². The molecule has 0 unspecified atom stereocenters. The number of nitrogens with one attached hydrogen (secondary N) is 1. The number of amides is 4. The summed E-state index contributed by atoms with van der Waals surface area (Å²) in [6.07, 6.45) is 1.39. The SMILES string of the molecule is O=C1NC(=O)N(c2ccccc2Cl)C(=O)/C1=C/c1ccccc1OCc1ccc(Cl)cc1. The first-order valence-corrected chi connectivity index (χ1v) is 10.3. The monoisotopic (exact) mass is 466 g/mol. The number of barbiturate groups is 1. The number of halogens is 2. The van der Waals surface area contributed by atoms with Crippen LogP contribution in [0.5, 0.6) is 5.75 Å². The van der Waals surface area contributed by atoms with Crippen molar-refractivity contribution in [1.82, 2.24) is 5.32 Å². The second-order valence-electron chi connectivity index (χ2n) is 6.86. The zero-order chi connectivity index (χ0) is 22.7. The maximum absolute atomic E-state index is 13.1. The summed E-state index contributed by atoms with van der Waals surface area (Å²) in [4.78, 5) is 38.8. The number of anilines is 1. The molecular formula is C24H16Cl2N2O4. The van der Waals surface area contributed by atoms with Crippen molar-refractivity contribution in [2.45, 2.75) is 6.61 Å². The van der Waals surface area contributed by atoms with E-state index in [9.17, 15) is 14.4 Å². The molecule has 4 amide bonds. The predicted octanol–water partition coefficient (Wildman–Crippen LogP) is 5.24. The normalized spacial score (nSPS) is 15.1. The van der Waals surface area contributed by atoms with E-state index >= 15 is 0 Å². The Morgan fingerprint density at radius 2 is 1.56 bits per heavy atom. The molecule has 1 saturated heterocycles. The quantitative estimate of drug-likeness (QED) is 0.412. The first kappa shape index (κ1) is 21.6. The minimum Gasteiger partial charge on any atom is -0.488 e. The van der Waals surface area contributed by atoms with Crippen LogP contribution in [0.2, 0.25) is 10.0 Å². The molecule has 1 N–H and O–H groups in total. The molecule has 1 aliphatic rings. The molecule has 0 radical (unpaired) electrons. The van der Waals surface area contributed by atoms with Crippen LogP contribution in [0.25, 0.3) is 6.08 Å². The Hall–Kier alpha value is -3.61. The topological polar surface area (TPSA) is 75.7 Å². The van der Waals surface area contributed by atoms with Gasteiger partial charge in [0, 0.05) is 10.6 Å². The van der Waals surface area contributed by atoms with Crippen molar-refractivity contribution in [3.05, 3.63) is 99.5 Å². The van der Waals surface area contributed by atoms with Crippen LogP contribution in [0.4, 0.5) is 10.5 Å². The van der Waals surface area contributed by atoms with E-state index in [1.165, 1.54) is 12.1 Å². The number of urea groups is 1. The van der Waals surface area contributed by atoms with Crippen LogP contribution in [-0.4, -0.2) is 17.8 Å². The number of ether oxygens (including phenoxy) is 1. The van der Waals surface area contributed by atoms with E-state index in [-0.39, 0.29) is 22.9 Å². The van der Waals surface area contributed by atoms with Crippen molar-refractivity contribution in [2.75, 3.05) is 4.90 Å². The number of carbonyl (C=O) groups excluding carboxylic acids is 3. The number of nitrogens with zero attached hydrogens (tertiary/aromatic N) is 1. The highest BCUT2D eigenvalue weighted by Gasteiger charge is 2.37. The number of hydrogen-bond acceptors (Lipinski definition) is 4. The zero-order valence-corrected chi connectivity index (χ0v) is 18.1. The van der Waals surface area contributed by atoms with E-state index in [1.54, 1.807) is 54.6 Å². The van der Waals surface area contributed by atoms with Crippen LogP contribution < -0.4 is 15.0 Å². The first-order valence-electron chi connectivity index (χ1n) is 9.56. The minimum atomic E-state index is -0.863. The van der Waals surface area contributed by atoms with Gasteiger partial charge in [-0.15, -0.1) is 0 Å². The van der Waals surface area contributed by atoms with Crippen LogP contribution in [0.3, 0.4) is 0 Å². The largest absolute Gasteiger partial charge is 0.488 e. The lowest BCUT2D eigenvalue weighted by Gasteiger charge is -2.27. The molecule has 0 aromatic heterocycles. The third kappa shape index (κ3) is 4.51. The van der Waals surface area contributed by atoms with Crippen LogP contribution in [0, 0.1) is 0 Å². The molecule has 0 bridgehead atoms. The fourth-order valence-corrected chi connectivity index (χ4v) is 3.48. The Morgan fingerprint density at radius 3 is 2.31 bits per heavy atom. The molecule has 0 atom stereocenters. The molecule has 8 heteroatoms. The lowest BCUT2D eigenvalue weighted by atomic mass is 10.1. The molecule has 0 saturated carbocycles. The average molecular weight is 467 g/mol. The van der Waals surface area contributed by atoms with E-state index in [0.717, 1.165) is 10.5 Å². The summed E-state index contributed by atoms with van der Waals surface area (Å²) >= 11 is 12.1. The van der Waals surface area contributed by atoms with Gasteiger partial charge in [-0.3, -0.25) is 14.9 Å². The fraction of sp³-hybridized carbons (Fsp3) is 0.0417. The molecular weight excluding hydrogens is 451 g/mol. The van der Waals surface area contributed by atoms with E-state index in [2.05, 4.69) is 5.32 Å². The van der Waals surface area contributed by atoms with Crippen molar-refractivity contribution in [3.63, 3.8) is 0 Å². The molecule has 3 aromatic rings. The summed E-state index contributed by atoms with van der Waals surface area (Å²) in [7, 11) is 0. The van der Waals surface area contributed by atoms with Crippen molar-refractivity contribution < 1.29 is 19.1 Å². The predicted molar refractivity (Wildman–Crippen MR) is 123 cm³/mol. The summed E-state index contributed by atoms with van der Waals surface area (Å²) in [5.41, 5.74) is 1.38. The van der Waals surface area contributed by atoms with E-state index in [0.29, 0.717) is 16.3 Å². The van der Waals surface area contributed by atoms with Gasteiger partial charge in [-0.05, 0) is 42.0 Å². The van der Waals surface area contributed by atoms with Crippen molar-refractivity contribution >= 4 is 52.8 Å². The standard InChI is InChI=1S/C24H16Cl2N2O4/c25-17-11-9-15(10-12-17)14-32-21-8-4-1-5-16(21)13-18-22(29)27-24(31)28(23(18)30)20-7-3-2-6-19(20)26/h1-13H,14H2,(H,27,29,31)/b18-13+. The molecule has 160 valence electrons. The number of hydrogen-bond donors (Lipinski definition) is 1. The minimum absolute atomic E-state index is 0.183. The molecule has 1 fully saturated rings. The Kier molecular flexibility index (Phi) is 6.25. The van der Waals surface area contributed by atoms with Gasteiger partial charge >= 0.3 is 6.03 Å². The van der Waals surface area contributed by atoms with Gasteiger partial charge in [0.05, 0.1) is 10.7 Å². The Bertz CT molecular complexity index is 1240. The third-order valence-corrected chi connectivity index (χ3v) is 5.29. The van der Waals surface area contributed by atoms with Gasteiger partial charge in [0.25, 0.3) is 11.8 Å². The molecule has 1 heterocycles. The Balaban J connectivity index is 1.64. The summed E-state index contributed by atoms with van der Waals surface area (Å²) in [5.74, 6) is -1.10. The Labute approximate surface area is 194 Å². The van der Waals surface area contributed by atoms with Gasteiger partial charge in [-0.1, -0.05) is 65.7 Å². The number of rotatable bonds is 5. The van der Waals surface area contributed by atoms with E-state index in [4.69, 9.17) is 27.9 Å². The van der Waals surface area contributed by atoms with Crippen molar-refractivity contribution in [1.29, 1.82) is 0 Å². The molecule has 0 aliphatic carbocycles. The molecule has 32 heavy (non-hydrogen) atoms. The highest BCUT2D eigenvalue weighted by atomic mass is 35.5. The number of para-hydroxylation sites is 2. The smallest absolute Gasteiger partial charge is 0.335 e. The summed E-state index contributed by atoms with van der Waals surface area (Å²) < 4.78 is 5.89. The summed E-state index contributed by atoms with van der Waals surface area (Å²) in [6.45, 7) is 0.266. The van der Waals surface area contributed by atoms with Gasteiger partial charge < -0.3 is 4.74 Å². The molecule has 4 rings (SSSR count). The second-order valence-corrected chi connectivity index (χ2v) is 7.71. The van der Waals surface area contributed by atoms with E-state index < -0.39 is 17.8 Å². The molecule has 6 nitrogen and oxygen atoms in total. The van der Waals surface area contributed by atoms with Gasteiger partial charge in [-0.2, -0.15) is 0 Å².